The molecule has 0 unspecified atom stereocenters. The van der Waals surface area contributed by atoms with Gasteiger partial charge in [-0.25, -0.2) is 0 Å². The van der Waals surface area contributed by atoms with Gasteiger partial charge in [-0.1, -0.05) is 0 Å². The monoisotopic (exact) mass is 314 g/mol. The molecule has 0 bridgehead atoms. The number of carboxylic acid groups (broad SMARTS) is 1. The van der Waals surface area contributed by atoms with E-state index in [0.717, 1.165) is 0 Å². The van der Waals surface area contributed by atoms with Crippen molar-refractivity contribution >= 4 is 11.9 Å². The van der Waals surface area contributed by atoms with Crippen LogP contribution in [-0.4, -0.2) is 83.4 Å². The van der Waals surface area contributed by atoms with Gasteiger partial charge in [0.15, 0.2) is 0 Å². The number of carbonyl (C=O) groups excluding carboxylic acids is 1. The minimum atomic E-state index is -0.954. The number of nitrogens with zero attached hydrogens (tertiary/aromatic N) is 2. The Morgan fingerprint density at radius 1 is 1.27 bits per heavy atom. The molecule has 7 heteroatoms. The van der Waals surface area contributed by atoms with Crippen LogP contribution in [0.15, 0.2) is 0 Å². The minimum Gasteiger partial charge on any atom is -0.480 e. The van der Waals surface area contributed by atoms with Crippen LogP contribution < -0.4 is 0 Å². The SMILES string of the molecule is CC1(C)CN(CC(=O)N2CCOCC2(C)C)[C@H](C(=O)O)CO1. The maximum absolute atomic E-state index is 12.7. The van der Waals surface area contributed by atoms with Gasteiger partial charge in [-0.2, -0.15) is 0 Å². The average Bonchev–Trinajstić information content (AvgIpc) is 2.36. The zero-order valence-electron chi connectivity index (χ0n) is 13.8. The summed E-state index contributed by atoms with van der Waals surface area (Å²) in [6.07, 6.45) is 0. The topological polar surface area (TPSA) is 79.3 Å². The van der Waals surface area contributed by atoms with Gasteiger partial charge in [-0.05, 0) is 27.7 Å². The maximum Gasteiger partial charge on any atom is 0.323 e. The Kier molecular flexibility index (Phi) is 4.79. The molecule has 126 valence electrons. The van der Waals surface area contributed by atoms with Crippen LogP contribution in [0.2, 0.25) is 0 Å². The van der Waals surface area contributed by atoms with Crippen molar-refractivity contribution < 1.29 is 24.2 Å². The van der Waals surface area contributed by atoms with E-state index in [2.05, 4.69) is 0 Å². The van der Waals surface area contributed by atoms with Crippen LogP contribution in [0.25, 0.3) is 0 Å². The fourth-order valence-corrected chi connectivity index (χ4v) is 3.03. The molecule has 22 heavy (non-hydrogen) atoms. The van der Waals surface area contributed by atoms with Crippen LogP contribution in [0, 0.1) is 0 Å². The highest BCUT2D eigenvalue weighted by Crippen LogP contribution is 2.23. The number of rotatable bonds is 3. The molecular formula is C15H26N2O5. The number of ether oxygens (including phenoxy) is 2. The molecule has 0 aromatic rings. The Bertz CT molecular complexity index is 449. The van der Waals surface area contributed by atoms with Crippen molar-refractivity contribution in [3.8, 4) is 0 Å². The molecule has 2 rings (SSSR count). The summed E-state index contributed by atoms with van der Waals surface area (Å²) in [6.45, 7) is 9.89. The van der Waals surface area contributed by atoms with Gasteiger partial charge in [-0.3, -0.25) is 14.5 Å². The molecule has 1 atom stereocenters. The second-order valence-corrected chi connectivity index (χ2v) is 7.24. The molecule has 7 nitrogen and oxygen atoms in total. The summed E-state index contributed by atoms with van der Waals surface area (Å²) < 4.78 is 11.0. The van der Waals surface area contributed by atoms with Crippen LogP contribution in [0.5, 0.6) is 0 Å². The summed E-state index contributed by atoms with van der Waals surface area (Å²) in [7, 11) is 0. The van der Waals surface area contributed by atoms with E-state index in [1.807, 2.05) is 27.7 Å². The number of morpholine rings is 2. The van der Waals surface area contributed by atoms with E-state index in [1.165, 1.54) is 0 Å². The Morgan fingerprint density at radius 2 is 1.95 bits per heavy atom. The van der Waals surface area contributed by atoms with Gasteiger partial charge >= 0.3 is 5.97 Å². The van der Waals surface area contributed by atoms with Gasteiger partial charge in [0.1, 0.15) is 6.04 Å². The van der Waals surface area contributed by atoms with Gasteiger partial charge in [-0.15, -0.1) is 0 Å². The second kappa shape index (κ2) is 6.14. The molecule has 0 aliphatic carbocycles. The zero-order chi connectivity index (χ0) is 16.5. The first kappa shape index (κ1) is 17.2. The van der Waals surface area contributed by atoms with Crippen molar-refractivity contribution in [1.29, 1.82) is 0 Å². The Labute approximate surface area is 131 Å². The predicted octanol–water partition coefficient (Wildman–Crippen LogP) is 0.188. The minimum absolute atomic E-state index is 0.0581. The molecule has 0 spiro atoms. The van der Waals surface area contributed by atoms with Crippen molar-refractivity contribution in [2.75, 3.05) is 39.5 Å². The van der Waals surface area contributed by atoms with E-state index in [9.17, 15) is 14.7 Å². The molecule has 1 amide bonds. The van der Waals surface area contributed by atoms with E-state index in [4.69, 9.17) is 9.47 Å². The third kappa shape index (κ3) is 3.77. The summed E-state index contributed by atoms with van der Waals surface area (Å²) in [5.74, 6) is -1.01. The van der Waals surface area contributed by atoms with Crippen molar-refractivity contribution in [2.24, 2.45) is 0 Å². The molecule has 2 aliphatic heterocycles. The smallest absolute Gasteiger partial charge is 0.323 e. The molecule has 2 aliphatic rings. The quantitative estimate of drug-likeness (QED) is 0.801. The van der Waals surface area contributed by atoms with Crippen LogP contribution >= 0.6 is 0 Å². The number of amides is 1. The van der Waals surface area contributed by atoms with Crippen LogP contribution in [0.1, 0.15) is 27.7 Å². The standard InChI is InChI=1S/C15H26N2O5/c1-14(2)10-21-6-5-17(14)12(18)7-16-9-15(3,4)22-8-11(16)13(19)20/h11H,5-10H2,1-4H3,(H,19,20)/t11-/m0/s1. The molecule has 0 aromatic heterocycles. The lowest BCUT2D eigenvalue weighted by Gasteiger charge is -2.45. The largest absolute Gasteiger partial charge is 0.480 e. The van der Waals surface area contributed by atoms with Crippen LogP contribution in [0.4, 0.5) is 0 Å². The van der Waals surface area contributed by atoms with E-state index in [0.29, 0.717) is 26.3 Å². The lowest BCUT2D eigenvalue weighted by molar-refractivity contribution is -0.167. The van der Waals surface area contributed by atoms with Crippen LogP contribution in [-0.2, 0) is 19.1 Å². The number of carboxylic acids is 1. The highest BCUT2D eigenvalue weighted by molar-refractivity contribution is 5.81. The predicted molar refractivity (Wildman–Crippen MR) is 79.6 cm³/mol. The Hall–Kier alpha value is -1.18. The van der Waals surface area contributed by atoms with Gasteiger partial charge in [0, 0.05) is 13.1 Å². The van der Waals surface area contributed by atoms with Gasteiger partial charge in [0.05, 0.1) is 37.5 Å². The summed E-state index contributed by atoms with van der Waals surface area (Å²) >= 11 is 0. The van der Waals surface area contributed by atoms with Gasteiger partial charge < -0.3 is 19.5 Å². The fourth-order valence-electron chi connectivity index (χ4n) is 3.03. The summed E-state index contributed by atoms with van der Waals surface area (Å²) in [4.78, 5) is 27.5. The van der Waals surface area contributed by atoms with E-state index in [1.54, 1.807) is 9.80 Å². The Balaban J connectivity index is 2.08. The molecule has 2 heterocycles. The molecule has 2 saturated heterocycles. The van der Waals surface area contributed by atoms with Crippen LogP contribution in [0.3, 0.4) is 0 Å². The number of hydrogen-bond acceptors (Lipinski definition) is 5. The highest BCUT2D eigenvalue weighted by atomic mass is 16.5. The molecule has 0 aromatic carbocycles. The molecule has 2 fully saturated rings. The first-order valence-electron chi connectivity index (χ1n) is 7.61. The summed E-state index contributed by atoms with van der Waals surface area (Å²) in [6, 6.07) is -0.777. The third-order valence-corrected chi connectivity index (χ3v) is 4.23. The highest BCUT2D eigenvalue weighted by Gasteiger charge is 2.41. The number of hydrogen-bond donors (Lipinski definition) is 1. The van der Waals surface area contributed by atoms with Crippen molar-refractivity contribution in [3.05, 3.63) is 0 Å². The van der Waals surface area contributed by atoms with Crippen molar-refractivity contribution in [1.82, 2.24) is 9.80 Å². The number of carbonyl (C=O) groups is 2. The molecular weight excluding hydrogens is 288 g/mol. The van der Waals surface area contributed by atoms with Crippen molar-refractivity contribution in [3.63, 3.8) is 0 Å². The van der Waals surface area contributed by atoms with E-state index >= 15 is 0 Å². The third-order valence-electron chi connectivity index (χ3n) is 4.23. The number of aliphatic carboxylic acids is 1. The fraction of sp³-hybridized carbons (Fsp3) is 0.867. The van der Waals surface area contributed by atoms with E-state index in [-0.39, 0.29) is 24.6 Å². The van der Waals surface area contributed by atoms with Gasteiger partial charge in [0.25, 0.3) is 0 Å². The van der Waals surface area contributed by atoms with E-state index < -0.39 is 17.6 Å². The summed E-state index contributed by atoms with van der Waals surface area (Å²) in [5.41, 5.74) is -0.817. The lowest BCUT2D eigenvalue weighted by atomic mass is 10.0. The Morgan fingerprint density at radius 3 is 2.55 bits per heavy atom. The second-order valence-electron chi connectivity index (χ2n) is 7.24. The zero-order valence-corrected chi connectivity index (χ0v) is 13.8. The molecule has 0 saturated carbocycles. The average molecular weight is 314 g/mol. The maximum atomic E-state index is 12.7. The summed E-state index contributed by atoms with van der Waals surface area (Å²) in [5, 5.41) is 9.34. The van der Waals surface area contributed by atoms with Crippen molar-refractivity contribution in [2.45, 2.75) is 44.9 Å². The normalized spacial score (nSPS) is 28.4. The first-order valence-corrected chi connectivity index (χ1v) is 7.61. The van der Waals surface area contributed by atoms with Gasteiger partial charge in [0.2, 0.25) is 5.91 Å². The molecule has 0 radical (unpaired) electrons. The molecule has 1 N–H and O–H groups in total. The lowest BCUT2D eigenvalue weighted by Crippen LogP contribution is -2.62. The first-order chi connectivity index (χ1) is 10.1.